The molecule has 0 spiro atoms. The maximum absolute atomic E-state index is 8.54. The molecular formula is C4H10O2Zr-2. The van der Waals surface area contributed by atoms with Crippen LogP contribution in [0.5, 0.6) is 0 Å². The molecule has 0 aliphatic carbocycles. The number of hydrogen-bond donors (Lipinski definition) is 0. The molecule has 0 fully saturated rings. The zero-order valence-corrected chi connectivity index (χ0v) is 7.19. The van der Waals surface area contributed by atoms with Crippen molar-refractivity contribution in [3.63, 3.8) is 0 Å². The summed E-state index contributed by atoms with van der Waals surface area (Å²) >= 11 is -2.27. The van der Waals surface area contributed by atoms with Gasteiger partial charge in [-0.15, -0.1) is 0 Å². The van der Waals surface area contributed by atoms with Crippen molar-refractivity contribution in [1.29, 1.82) is 0 Å². The summed E-state index contributed by atoms with van der Waals surface area (Å²) in [5.41, 5.74) is 0. The third-order valence-corrected chi connectivity index (χ3v) is 0. The van der Waals surface area contributed by atoms with E-state index in [1.165, 1.54) is 0 Å². The van der Waals surface area contributed by atoms with Gasteiger partial charge in [0.15, 0.2) is 0 Å². The van der Waals surface area contributed by atoms with E-state index >= 15 is 0 Å². The Morgan fingerprint density at radius 2 is 1.00 bits per heavy atom. The molecule has 44 valence electrons. The van der Waals surface area contributed by atoms with E-state index in [1.807, 2.05) is 0 Å². The zero-order chi connectivity index (χ0) is 6.71. The summed E-state index contributed by atoms with van der Waals surface area (Å²) in [6, 6.07) is 0. The SMILES string of the molecule is [CH2-]C.[CH2-]C.[O]=[Zr]=[O]. The predicted molar refractivity (Wildman–Crippen MR) is 23.4 cm³/mol. The quantitative estimate of drug-likeness (QED) is 0.530. The van der Waals surface area contributed by atoms with Crippen molar-refractivity contribution < 1.29 is 28.9 Å². The average molecular weight is 181 g/mol. The van der Waals surface area contributed by atoms with E-state index in [4.69, 9.17) is 5.63 Å². The van der Waals surface area contributed by atoms with E-state index in [2.05, 4.69) is 13.8 Å². The van der Waals surface area contributed by atoms with Crippen LogP contribution in [-0.2, 0) is 28.9 Å². The summed E-state index contributed by atoms with van der Waals surface area (Å²) in [5.74, 6) is 0. The standard InChI is InChI=1S/2C2H5.2O.Zr/c2*1-2;;;/h2*1H2,2H3;;;/q2*-1;;;. The van der Waals surface area contributed by atoms with Crippen molar-refractivity contribution in [3.8, 4) is 0 Å². The molecule has 0 aliphatic heterocycles. The second-order valence-electron chi connectivity index (χ2n) is 0.0833. The Kier molecular flexibility index (Phi) is 198. The Bertz CT molecular complexity index is 30.7. The maximum atomic E-state index is 8.54. The van der Waals surface area contributed by atoms with Gasteiger partial charge >= 0.3 is 28.9 Å². The van der Waals surface area contributed by atoms with Crippen LogP contribution >= 0.6 is 0 Å². The number of rotatable bonds is 0. The fraction of sp³-hybridized carbons (Fsp3) is 0.500. The Morgan fingerprint density at radius 1 is 1.00 bits per heavy atom. The van der Waals surface area contributed by atoms with Gasteiger partial charge in [-0.1, -0.05) is 0 Å². The van der Waals surface area contributed by atoms with Gasteiger partial charge in [0, 0.05) is 0 Å². The summed E-state index contributed by atoms with van der Waals surface area (Å²) in [6.07, 6.45) is 0. The van der Waals surface area contributed by atoms with Gasteiger partial charge in [-0.25, -0.2) is 0 Å². The van der Waals surface area contributed by atoms with Crippen molar-refractivity contribution in [2.24, 2.45) is 0 Å². The first-order chi connectivity index (χ1) is 3.41. The van der Waals surface area contributed by atoms with Gasteiger partial charge in [0.05, 0.1) is 0 Å². The van der Waals surface area contributed by atoms with Crippen molar-refractivity contribution in [2.45, 2.75) is 13.8 Å². The summed E-state index contributed by atoms with van der Waals surface area (Å²) in [6.45, 7) is 10.0. The molecule has 2 nitrogen and oxygen atoms in total. The molecular weight excluding hydrogens is 171 g/mol. The minimum absolute atomic E-state index is 1.75. The molecule has 0 heterocycles. The zero-order valence-electron chi connectivity index (χ0n) is 4.73. The van der Waals surface area contributed by atoms with Crippen LogP contribution < -0.4 is 0 Å². The summed E-state index contributed by atoms with van der Waals surface area (Å²) in [7, 11) is 0. The predicted octanol–water partition coefficient (Wildman–Crippen LogP) is 1.44. The van der Waals surface area contributed by atoms with Gasteiger partial charge in [-0.05, 0) is 0 Å². The van der Waals surface area contributed by atoms with E-state index in [0.29, 0.717) is 0 Å². The van der Waals surface area contributed by atoms with Crippen LogP contribution in [0.15, 0.2) is 0 Å². The van der Waals surface area contributed by atoms with Crippen LogP contribution in [0.3, 0.4) is 0 Å². The van der Waals surface area contributed by atoms with E-state index in [1.54, 1.807) is 13.8 Å². The fourth-order valence-corrected chi connectivity index (χ4v) is 0. The van der Waals surface area contributed by atoms with Crippen molar-refractivity contribution in [1.82, 2.24) is 0 Å². The van der Waals surface area contributed by atoms with Gasteiger partial charge in [0.25, 0.3) is 0 Å². The first-order valence-corrected chi connectivity index (χ1v) is 3.83. The second-order valence-corrected chi connectivity index (χ2v) is 0.493. The van der Waals surface area contributed by atoms with Crippen molar-refractivity contribution >= 4 is 0 Å². The van der Waals surface area contributed by atoms with Gasteiger partial charge in [0.2, 0.25) is 0 Å². The molecule has 3 heteroatoms. The summed E-state index contributed by atoms with van der Waals surface area (Å²) in [5, 5.41) is 0. The molecule has 0 unspecified atom stereocenters. The van der Waals surface area contributed by atoms with E-state index in [-0.39, 0.29) is 0 Å². The molecule has 0 amide bonds. The summed E-state index contributed by atoms with van der Waals surface area (Å²) in [4.78, 5) is 0. The van der Waals surface area contributed by atoms with Gasteiger partial charge in [0.1, 0.15) is 0 Å². The Morgan fingerprint density at radius 3 is 1.00 bits per heavy atom. The average Bonchev–Trinajstić information content (AvgIpc) is 1.78. The Balaban J connectivity index is -0.0000000360. The summed E-state index contributed by atoms with van der Waals surface area (Å²) < 4.78 is 17.1. The van der Waals surface area contributed by atoms with Crippen LogP contribution in [0.2, 0.25) is 0 Å². The fourth-order valence-electron chi connectivity index (χ4n) is 0. The molecule has 0 saturated carbocycles. The van der Waals surface area contributed by atoms with Gasteiger partial charge in [-0.2, -0.15) is 13.8 Å². The second kappa shape index (κ2) is 88.6. The molecule has 7 heavy (non-hydrogen) atoms. The molecule has 0 saturated heterocycles. The van der Waals surface area contributed by atoms with Crippen LogP contribution in [0.1, 0.15) is 13.8 Å². The van der Waals surface area contributed by atoms with Crippen LogP contribution in [0.25, 0.3) is 0 Å². The van der Waals surface area contributed by atoms with Crippen molar-refractivity contribution in [2.75, 3.05) is 0 Å². The normalized spacial score (nSPS) is 2.86. The molecule has 0 aromatic rings. The first-order valence-electron chi connectivity index (χ1n) is 1.82. The third kappa shape index (κ3) is 558. The molecule has 0 rings (SSSR count). The first kappa shape index (κ1) is 15.6. The van der Waals surface area contributed by atoms with Gasteiger partial charge in [-0.3, -0.25) is 0 Å². The van der Waals surface area contributed by atoms with E-state index < -0.39 is 23.2 Å². The third-order valence-electron chi connectivity index (χ3n) is 0. The van der Waals surface area contributed by atoms with Crippen LogP contribution in [0, 0.1) is 13.8 Å². The molecule has 0 radical (unpaired) electrons. The van der Waals surface area contributed by atoms with E-state index in [0.717, 1.165) is 0 Å². The van der Waals surface area contributed by atoms with Gasteiger partial charge < -0.3 is 13.8 Å². The molecule has 0 N–H and O–H groups in total. The molecule has 0 aromatic carbocycles. The van der Waals surface area contributed by atoms with Crippen LogP contribution in [-0.4, -0.2) is 0 Å². The molecule has 0 atom stereocenters. The Hall–Kier alpha value is 0.483. The Labute approximate surface area is 56.8 Å². The van der Waals surface area contributed by atoms with E-state index in [9.17, 15) is 0 Å². The van der Waals surface area contributed by atoms with Crippen molar-refractivity contribution in [3.05, 3.63) is 13.8 Å². The monoisotopic (exact) mass is 180 g/mol. The molecule has 0 aliphatic rings. The minimum atomic E-state index is -2.27. The molecule has 0 bridgehead atoms. The molecule has 0 aromatic heterocycles. The number of hydrogen-bond acceptors (Lipinski definition) is 2. The van der Waals surface area contributed by atoms with Crippen LogP contribution in [0.4, 0.5) is 0 Å². The topological polar surface area (TPSA) is 34.1 Å².